The van der Waals surface area contributed by atoms with Crippen molar-refractivity contribution < 1.29 is 45.2 Å². The summed E-state index contributed by atoms with van der Waals surface area (Å²) in [6.07, 6.45) is -1.29. The molecule has 4 aromatic rings. The average molecular weight is 625 g/mol. The minimum Gasteiger partial charge on any atom is -0.809 e. The predicted molar refractivity (Wildman–Crippen MR) is 134 cm³/mol. The lowest BCUT2D eigenvalue weighted by molar-refractivity contribution is -0.697. The Morgan fingerprint density at radius 3 is 2.39 bits per heavy atom. The Labute approximate surface area is 235 Å². The van der Waals surface area contributed by atoms with E-state index >= 15 is 0 Å². The first-order chi connectivity index (χ1) is 19.3. The van der Waals surface area contributed by atoms with Crippen LogP contribution in [0.2, 0.25) is 0 Å². The van der Waals surface area contributed by atoms with Crippen molar-refractivity contribution in [1.29, 1.82) is 5.26 Å². The number of aromatic nitrogens is 3. The monoisotopic (exact) mass is 624 g/mol. The fraction of sp³-hybridized carbons (Fsp3) is 0.167. The lowest BCUT2D eigenvalue weighted by Crippen LogP contribution is -2.35. The van der Waals surface area contributed by atoms with Gasteiger partial charge in [0.25, 0.3) is 10.0 Å². The largest absolute Gasteiger partial charge is 0.809 e. The molecular formula is C24H18F3N5O6PS2-. The predicted octanol–water partition coefficient (Wildman–Crippen LogP) is 2.35. The molecular weight excluding hydrogens is 606 g/mol. The molecule has 41 heavy (non-hydrogen) atoms. The maximum Gasteiger partial charge on any atom is 0.417 e. The standard InChI is InChI=1S/C24H19F3N5O6PS2/c25-24(26,27)20-14-17(4-5-18(20)15-28)21(39(33,34)35)31-41(36,37)23-30-29-22(40-23)16-6-8-19(9-7-16)38-13-12-32-10-2-1-3-11-32/h1-11,14,21,31H,12-13H2,(H-,33,34,35)/p-1. The number of nitrogens with zero attached hydrogens (tertiary/aromatic N) is 4. The molecule has 0 saturated carbocycles. The van der Waals surface area contributed by atoms with E-state index in [2.05, 4.69) is 10.2 Å². The lowest BCUT2D eigenvalue weighted by Gasteiger charge is -2.38. The highest BCUT2D eigenvalue weighted by Gasteiger charge is 2.35. The highest BCUT2D eigenvalue weighted by atomic mass is 32.2. The molecule has 2 heterocycles. The smallest absolute Gasteiger partial charge is 0.417 e. The first kappa shape index (κ1) is 30.3. The third-order valence-electron chi connectivity index (χ3n) is 5.50. The maximum absolute atomic E-state index is 13.4. The van der Waals surface area contributed by atoms with Crippen LogP contribution in [0.1, 0.15) is 22.5 Å². The second kappa shape index (κ2) is 12.0. The number of hydrogen-bond acceptors (Lipinski definition) is 10. The third kappa shape index (κ3) is 7.53. The quantitative estimate of drug-likeness (QED) is 0.205. The van der Waals surface area contributed by atoms with E-state index in [0.717, 1.165) is 6.07 Å². The molecule has 0 bridgehead atoms. The highest BCUT2D eigenvalue weighted by Crippen LogP contribution is 2.45. The molecule has 1 N–H and O–H groups in total. The van der Waals surface area contributed by atoms with E-state index in [1.807, 2.05) is 35.2 Å². The fourth-order valence-electron chi connectivity index (χ4n) is 3.56. The van der Waals surface area contributed by atoms with Gasteiger partial charge in [-0.25, -0.2) is 13.0 Å². The summed E-state index contributed by atoms with van der Waals surface area (Å²) in [5.41, 5.74) is -2.74. The van der Waals surface area contributed by atoms with Gasteiger partial charge in [-0.1, -0.05) is 23.5 Å². The van der Waals surface area contributed by atoms with Crippen LogP contribution in [0.4, 0.5) is 13.2 Å². The van der Waals surface area contributed by atoms with E-state index in [1.165, 1.54) is 6.07 Å². The number of ether oxygens (including phenoxy) is 1. The van der Waals surface area contributed by atoms with Crippen LogP contribution in [-0.4, -0.2) is 25.2 Å². The van der Waals surface area contributed by atoms with Gasteiger partial charge in [0.15, 0.2) is 18.9 Å². The number of sulfonamides is 1. The minimum atomic E-state index is -5.90. The summed E-state index contributed by atoms with van der Waals surface area (Å²) in [6, 6.07) is 15.1. The zero-order valence-corrected chi connectivity index (χ0v) is 23.1. The van der Waals surface area contributed by atoms with Gasteiger partial charge in [0.1, 0.15) is 17.4 Å². The number of pyridine rings is 1. The van der Waals surface area contributed by atoms with E-state index in [9.17, 15) is 35.9 Å². The number of nitrogens with one attached hydrogen (secondary N) is 1. The number of rotatable bonds is 10. The molecule has 0 fully saturated rings. The van der Waals surface area contributed by atoms with Crippen LogP contribution >= 0.6 is 18.9 Å². The van der Waals surface area contributed by atoms with E-state index in [4.69, 9.17) is 10.00 Å². The normalized spacial score (nSPS) is 13.0. The third-order valence-corrected chi connectivity index (χ3v) is 9.50. The Morgan fingerprint density at radius 1 is 1.10 bits per heavy atom. The zero-order chi connectivity index (χ0) is 29.8. The first-order valence-corrected chi connectivity index (χ1v) is 15.4. The first-order valence-electron chi connectivity index (χ1n) is 11.4. The van der Waals surface area contributed by atoms with Gasteiger partial charge < -0.3 is 19.1 Å². The summed E-state index contributed by atoms with van der Waals surface area (Å²) in [6.45, 7) is 0.989. The van der Waals surface area contributed by atoms with Gasteiger partial charge in [-0.3, -0.25) is 0 Å². The van der Waals surface area contributed by atoms with Crippen molar-refractivity contribution in [2.75, 3.05) is 6.61 Å². The number of halogens is 3. The van der Waals surface area contributed by atoms with Crippen LogP contribution in [0.15, 0.2) is 77.4 Å². The minimum absolute atomic E-state index is 0.124. The van der Waals surface area contributed by atoms with E-state index in [0.29, 0.717) is 41.9 Å². The molecule has 0 aliphatic heterocycles. The Bertz CT molecular complexity index is 1720. The SMILES string of the molecule is N#Cc1ccc(C(NS(=O)(=O)c2nnc(-c3ccc(OCC[n+]4ccccc4)cc3)s2)P(=O)([O-])[O-])cc1C(F)(F)F. The molecule has 0 radical (unpaired) electrons. The van der Waals surface area contributed by atoms with E-state index in [-0.39, 0.29) is 11.1 Å². The Hall–Kier alpha value is -3.71. The number of nitriles is 1. The summed E-state index contributed by atoms with van der Waals surface area (Å²) < 4.78 is 86.3. The van der Waals surface area contributed by atoms with Gasteiger partial charge in [0.05, 0.1) is 23.0 Å². The van der Waals surface area contributed by atoms with Crippen molar-refractivity contribution in [2.24, 2.45) is 0 Å². The summed E-state index contributed by atoms with van der Waals surface area (Å²) in [4.78, 5) is 23.8. The summed E-state index contributed by atoms with van der Waals surface area (Å²) >= 11 is 0.542. The van der Waals surface area contributed by atoms with Gasteiger partial charge in [0, 0.05) is 17.7 Å². The van der Waals surface area contributed by atoms with E-state index < -0.39 is 50.6 Å². The molecule has 0 saturated heterocycles. The summed E-state index contributed by atoms with van der Waals surface area (Å²) in [7, 11) is -10.7. The molecule has 2 aromatic heterocycles. The zero-order valence-electron chi connectivity index (χ0n) is 20.6. The Morgan fingerprint density at radius 2 is 1.78 bits per heavy atom. The van der Waals surface area contributed by atoms with Gasteiger partial charge >= 0.3 is 6.18 Å². The molecule has 214 valence electrons. The Kier molecular flexibility index (Phi) is 8.88. The van der Waals surface area contributed by atoms with Crippen LogP contribution < -0.4 is 23.8 Å². The number of hydrogen-bond donors (Lipinski definition) is 1. The van der Waals surface area contributed by atoms with E-state index in [1.54, 1.807) is 29.0 Å². The maximum atomic E-state index is 13.4. The van der Waals surface area contributed by atoms with Crippen LogP contribution in [0.5, 0.6) is 5.75 Å². The van der Waals surface area contributed by atoms with Gasteiger partial charge in [-0.15, -0.1) is 10.2 Å². The van der Waals surface area contributed by atoms with Crippen LogP contribution in [0.25, 0.3) is 10.6 Å². The Balaban J connectivity index is 1.51. The molecule has 4 rings (SSSR count). The summed E-state index contributed by atoms with van der Waals surface area (Å²) in [5.74, 6) is -2.08. The lowest BCUT2D eigenvalue weighted by atomic mass is 10.0. The molecule has 0 spiro atoms. The number of benzene rings is 2. The van der Waals surface area contributed by atoms with Gasteiger partial charge in [-0.2, -0.15) is 23.2 Å². The van der Waals surface area contributed by atoms with Crippen molar-refractivity contribution >= 4 is 29.0 Å². The highest BCUT2D eigenvalue weighted by molar-refractivity contribution is 7.91. The molecule has 0 amide bonds. The molecule has 11 nitrogen and oxygen atoms in total. The van der Waals surface area contributed by atoms with Gasteiger partial charge in [0.2, 0.25) is 4.34 Å². The van der Waals surface area contributed by atoms with Crippen LogP contribution in [0, 0.1) is 11.3 Å². The molecule has 1 atom stereocenters. The second-order valence-corrected chi connectivity index (χ2v) is 12.8. The van der Waals surface area contributed by atoms with Gasteiger partial charge in [-0.05, 0) is 49.6 Å². The molecule has 0 aliphatic rings. The molecule has 1 unspecified atom stereocenters. The number of alkyl halides is 3. The van der Waals surface area contributed by atoms with Crippen molar-refractivity contribution in [3.63, 3.8) is 0 Å². The van der Waals surface area contributed by atoms with Crippen molar-refractivity contribution in [3.8, 4) is 22.4 Å². The summed E-state index contributed by atoms with van der Waals surface area (Å²) in [5, 5.41) is 16.4. The van der Waals surface area contributed by atoms with Crippen molar-refractivity contribution in [2.45, 2.75) is 22.8 Å². The molecule has 2 aromatic carbocycles. The molecule has 17 heteroatoms. The van der Waals surface area contributed by atoms with Crippen LogP contribution in [0.3, 0.4) is 0 Å². The van der Waals surface area contributed by atoms with Crippen molar-refractivity contribution in [1.82, 2.24) is 14.9 Å². The average Bonchev–Trinajstić information content (AvgIpc) is 3.43. The topological polar surface area (TPSA) is 172 Å². The van der Waals surface area contributed by atoms with Crippen molar-refractivity contribution in [3.05, 3.63) is 89.7 Å². The second-order valence-electron chi connectivity index (χ2n) is 8.34. The van der Waals surface area contributed by atoms with Crippen LogP contribution in [-0.2, 0) is 27.3 Å². The molecule has 0 aliphatic carbocycles. The fourth-order valence-corrected chi connectivity index (χ4v) is 7.10.